The number of hydrogen-bond donors (Lipinski definition) is 1. The van der Waals surface area contributed by atoms with Crippen molar-refractivity contribution in [2.45, 2.75) is 24.7 Å². The van der Waals surface area contributed by atoms with Gasteiger partial charge in [0.05, 0.1) is 11.4 Å². The zero-order valence-electron chi connectivity index (χ0n) is 12.0. The largest absolute Gasteiger partial charge is 0.320 e. The van der Waals surface area contributed by atoms with Crippen molar-refractivity contribution in [1.82, 2.24) is 4.31 Å². The predicted molar refractivity (Wildman–Crippen MR) is 79.5 cm³/mol. The van der Waals surface area contributed by atoms with Crippen molar-refractivity contribution in [1.29, 1.82) is 0 Å². The normalized spacial score (nSPS) is 19.9. The van der Waals surface area contributed by atoms with Gasteiger partial charge < -0.3 is 5.73 Å². The molecular weight excluding hydrogens is 291 g/mol. The Hall–Kier alpha value is -1.42. The first-order valence-corrected chi connectivity index (χ1v) is 8.38. The molecule has 1 atom stereocenters. The van der Waals surface area contributed by atoms with Gasteiger partial charge in [0.25, 0.3) is 0 Å². The molecule has 1 aliphatic rings. The third-order valence-corrected chi connectivity index (χ3v) is 5.43. The van der Waals surface area contributed by atoms with E-state index in [0.29, 0.717) is 19.0 Å². The predicted octanol–water partition coefficient (Wildman–Crippen LogP) is 1.56. The molecule has 1 aliphatic heterocycles. The lowest BCUT2D eigenvalue weighted by molar-refractivity contribution is 0.281. The summed E-state index contributed by atoms with van der Waals surface area (Å²) in [6, 6.07) is 3.57. The van der Waals surface area contributed by atoms with Crippen molar-refractivity contribution in [3.05, 3.63) is 29.6 Å². The highest BCUT2D eigenvalue weighted by atomic mass is 32.2. The standard InChI is InChI=1S/C15H19FN2O2S/c1-12-4-3-9-18(11-12)21(19,20)15-7-6-14(16)10-13(15)5-2-8-17/h6-7,10,12H,3-4,8-9,11,17H2,1H3. The average Bonchev–Trinajstić information content (AvgIpc) is 2.45. The second-order valence-electron chi connectivity index (χ2n) is 5.26. The highest BCUT2D eigenvalue weighted by Gasteiger charge is 2.30. The van der Waals surface area contributed by atoms with Crippen LogP contribution in [0.1, 0.15) is 25.3 Å². The van der Waals surface area contributed by atoms with Gasteiger partial charge in [-0.2, -0.15) is 4.31 Å². The first-order chi connectivity index (χ1) is 9.95. The molecule has 114 valence electrons. The lowest BCUT2D eigenvalue weighted by Crippen LogP contribution is -2.39. The zero-order valence-corrected chi connectivity index (χ0v) is 12.8. The molecule has 4 nitrogen and oxygen atoms in total. The maximum atomic E-state index is 13.4. The Morgan fingerprint density at radius 3 is 2.90 bits per heavy atom. The van der Waals surface area contributed by atoms with Gasteiger partial charge in [0.2, 0.25) is 10.0 Å². The van der Waals surface area contributed by atoms with Crippen LogP contribution in [0.25, 0.3) is 0 Å². The molecule has 0 bridgehead atoms. The molecule has 21 heavy (non-hydrogen) atoms. The molecule has 1 saturated heterocycles. The number of sulfonamides is 1. The van der Waals surface area contributed by atoms with Crippen LogP contribution in [-0.2, 0) is 10.0 Å². The fraction of sp³-hybridized carbons (Fsp3) is 0.467. The molecule has 1 aromatic carbocycles. The van der Waals surface area contributed by atoms with Crippen LogP contribution in [0.5, 0.6) is 0 Å². The van der Waals surface area contributed by atoms with Gasteiger partial charge in [0.15, 0.2) is 0 Å². The monoisotopic (exact) mass is 310 g/mol. The van der Waals surface area contributed by atoms with E-state index >= 15 is 0 Å². The molecule has 0 saturated carbocycles. The van der Waals surface area contributed by atoms with Gasteiger partial charge in [-0.15, -0.1) is 0 Å². The molecule has 0 amide bonds. The minimum atomic E-state index is -3.65. The summed E-state index contributed by atoms with van der Waals surface area (Å²) >= 11 is 0. The highest BCUT2D eigenvalue weighted by molar-refractivity contribution is 7.89. The van der Waals surface area contributed by atoms with E-state index in [2.05, 4.69) is 11.8 Å². The average molecular weight is 310 g/mol. The summed E-state index contributed by atoms with van der Waals surface area (Å²) in [6.07, 6.45) is 1.86. The quantitative estimate of drug-likeness (QED) is 0.843. The van der Waals surface area contributed by atoms with Gasteiger partial charge >= 0.3 is 0 Å². The Bertz CT molecular complexity index is 677. The van der Waals surface area contributed by atoms with Crippen LogP contribution in [0.2, 0.25) is 0 Å². The Morgan fingerprint density at radius 2 is 2.24 bits per heavy atom. The molecule has 1 heterocycles. The molecule has 1 aromatic rings. The van der Waals surface area contributed by atoms with Gasteiger partial charge in [-0.3, -0.25) is 0 Å². The van der Waals surface area contributed by atoms with Gasteiger partial charge in [-0.05, 0) is 37.0 Å². The van der Waals surface area contributed by atoms with Crippen molar-refractivity contribution >= 4 is 10.0 Å². The first kappa shape index (κ1) is 16.0. The van der Waals surface area contributed by atoms with Crippen LogP contribution in [0.3, 0.4) is 0 Å². The molecule has 2 N–H and O–H groups in total. The van der Waals surface area contributed by atoms with E-state index < -0.39 is 15.8 Å². The maximum absolute atomic E-state index is 13.4. The van der Waals surface area contributed by atoms with E-state index in [1.807, 2.05) is 6.92 Å². The van der Waals surface area contributed by atoms with E-state index in [0.717, 1.165) is 25.0 Å². The molecule has 1 fully saturated rings. The first-order valence-electron chi connectivity index (χ1n) is 6.94. The summed E-state index contributed by atoms with van der Waals surface area (Å²) in [5.74, 6) is 5.05. The van der Waals surface area contributed by atoms with Crippen molar-refractivity contribution in [2.75, 3.05) is 19.6 Å². The summed E-state index contributed by atoms with van der Waals surface area (Å²) in [6.45, 7) is 3.11. The maximum Gasteiger partial charge on any atom is 0.244 e. The van der Waals surface area contributed by atoms with Crippen molar-refractivity contribution in [3.63, 3.8) is 0 Å². The molecule has 2 rings (SSSR count). The second-order valence-corrected chi connectivity index (χ2v) is 7.16. The van der Waals surface area contributed by atoms with Crippen LogP contribution in [0, 0.1) is 23.6 Å². The molecule has 1 unspecified atom stereocenters. The van der Waals surface area contributed by atoms with E-state index in [1.165, 1.54) is 10.4 Å². The summed E-state index contributed by atoms with van der Waals surface area (Å²) < 4.78 is 40.3. The van der Waals surface area contributed by atoms with Crippen molar-refractivity contribution < 1.29 is 12.8 Å². The Morgan fingerprint density at radius 1 is 1.48 bits per heavy atom. The van der Waals surface area contributed by atoms with Gasteiger partial charge in [-0.1, -0.05) is 18.8 Å². The van der Waals surface area contributed by atoms with Crippen LogP contribution < -0.4 is 5.73 Å². The van der Waals surface area contributed by atoms with E-state index in [1.54, 1.807) is 0 Å². The summed E-state index contributed by atoms with van der Waals surface area (Å²) in [7, 11) is -3.65. The minimum Gasteiger partial charge on any atom is -0.320 e. The number of nitrogens with zero attached hydrogens (tertiary/aromatic N) is 1. The second kappa shape index (κ2) is 6.56. The number of nitrogens with two attached hydrogens (primary N) is 1. The lowest BCUT2D eigenvalue weighted by Gasteiger charge is -2.30. The molecule has 6 heteroatoms. The third-order valence-electron chi connectivity index (χ3n) is 3.50. The van der Waals surface area contributed by atoms with Gasteiger partial charge in [-0.25, -0.2) is 12.8 Å². The summed E-state index contributed by atoms with van der Waals surface area (Å²) in [5, 5.41) is 0. The smallest absolute Gasteiger partial charge is 0.244 e. The summed E-state index contributed by atoms with van der Waals surface area (Å²) in [4.78, 5) is 0.0546. The zero-order chi connectivity index (χ0) is 15.5. The van der Waals surface area contributed by atoms with Crippen LogP contribution in [0.15, 0.2) is 23.1 Å². The SMILES string of the molecule is CC1CCCN(S(=O)(=O)c2ccc(F)cc2C#CCN)C1. The highest BCUT2D eigenvalue weighted by Crippen LogP contribution is 2.25. The third kappa shape index (κ3) is 3.62. The molecule has 0 spiro atoms. The fourth-order valence-corrected chi connectivity index (χ4v) is 4.20. The summed E-state index contributed by atoms with van der Waals surface area (Å²) in [5.41, 5.74) is 5.47. The molecule has 0 aliphatic carbocycles. The van der Waals surface area contributed by atoms with E-state index in [-0.39, 0.29) is 17.0 Å². The Labute approximate surface area is 125 Å². The Kier molecular flexibility index (Phi) is 4.99. The fourth-order valence-electron chi connectivity index (χ4n) is 2.47. The van der Waals surface area contributed by atoms with Gasteiger partial charge in [0, 0.05) is 18.7 Å². The lowest BCUT2D eigenvalue weighted by atomic mass is 10.0. The number of hydrogen-bond acceptors (Lipinski definition) is 3. The van der Waals surface area contributed by atoms with Crippen molar-refractivity contribution in [2.24, 2.45) is 11.7 Å². The van der Waals surface area contributed by atoms with E-state index in [9.17, 15) is 12.8 Å². The molecule has 0 aromatic heterocycles. The Balaban J connectivity index is 2.44. The molecule has 0 radical (unpaired) electrons. The van der Waals surface area contributed by atoms with E-state index in [4.69, 9.17) is 5.73 Å². The van der Waals surface area contributed by atoms with Crippen molar-refractivity contribution in [3.8, 4) is 11.8 Å². The van der Waals surface area contributed by atoms with Gasteiger partial charge in [0.1, 0.15) is 5.82 Å². The van der Waals surface area contributed by atoms with Crippen LogP contribution in [0.4, 0.5) is 4.39 Å². The topological polar surface area (TPSA) is 63.4 Å². The number of halogens is 1. The number of piperidine rings is 1. The minimum absolute atomic E-state index is 0.0546. The van der Waals surface area contributed by atoms with Crippen LogP contribution >= 0.6 is 0 Å². The molecular formula is C15H19FN2O2S. The van der Waals surface area contributed by atoms with Crippen LogP contribution in [-0.4, -0.2) is 32.4 Å². The number of benzene rings is 1. The number of rotatable bonds is 2.